The largest absolute Gasteiger partial charge is 0.383 e. The van der Waals surface area contributed by atoms with Gasteiger partial charge in [0, 0.05) is 30.9 Å². The quantitative estimate of drug-likeness (QED) is 0.782. The van der Waals surface area contributed by atoms with E-state index in [2.05, 4.69) is 34.3 Å². The van der Waals surface area contributed by atoms with Crippen molar-refractivity contribution in [2.75, 3.05) is 19.0 Å². The number of nitrogens with zero attached hydrogens (tertiary/aromatic N) is 3. The van der Waals surface area contributed by atoms with Crippen LogP contribution in [-0.4, -0.2) is 34.3 Å². The maximum absolute atomic E-state index is 5.14. The molecule has 0 aliphatic heterocycles. The first-order valence-electron chi connectivity index (χ1n) is 6.92. The number of para-hydroxylation sites is 1. The monoisotopic (exact) mass is 282 g/mol. The highest BCUT2D eigenvalue weighted by atomic mass is 16.5. The van der Waals surface area contributed by atoms with Crippen molar-refractivity contribution in [2.24, 2.45) is 0 Å². The maximum Gasteiger partial charge on any atom is 0.207 e. The minimum atomic E-state index is 0.185. The summed E-state index contributed by atoms with van der Waals surface area (Å²) in [6, 6.07) is 10.4. The summed E-state index contributed by atoms with van der Waals surface area (Å²) in [4.78, 5) is 8.86. The number of methoxy groups -OCH3 is 1. The van der Waals surface area contributed by atoms with Crippen molar-refractivity contribution in [3.63, 3.8) is 0 Å². The Kier molecular flexibility index (Phi) is 3.83. The van der Waals surface area contributed by atoms with Gasteiger partial charge < -0.3 is 10.1 Å². The number of rotatable bonds is 5. The van der Waals surface area contributed by atoms with Crippen LogP contribution in [0.2, 0.25) is 0 Å². The van der Waals surface area contributed by atoms with Crippen molar-refractivity contribution in [1.29, 1.82) is 0 Å². The zero-order chi connectivity index (χ0) is 14.7. The van der Waals surface area contributed by atoms with Crippen LogP contribution in [-0.2, 0) is 4.74 Å². The van der Waals surface area contributed by atoms with Crippen LogP contribution in [0.5, 0.6) is 0 Å². The number of pyridine rings is 1. The minimum absolute atomic E-state index is 0.185. The van der Waals surface area contributed by atoms with Gasteiger partial charge in [0.15, 0.2) is 0 Å². The summed E-state index contributed by atoms with van der Waals surface area (Å²) >= 11 is 0. The van der Waals surface area contributed by atoms with E-state index in [0.717, 1.165) is 22.5 Å². The smallest absolute Gasteiger partial charge is 0.207 e. The van der Waals surface area contributed by atoms with E-state index < -0.39 is 0 Å². The predicted octanol–water partition coefficient (Wildman–Crippen LogP) is 2.87. The molecule has 1 N–H and O–H groups in total. The van der Waals surface area contributed by atoms with Crippen molar-refractivity contribution in [3.8, 4) is 5.69 Å². The summed E-state index contributed by atoms with van der Waals surface area (Å²) in [7, 11) is 1.69. The molecule has 1 aromatic carbocycles. The Hall–Kier alpha value is -2.40. The Morgan fingerprint density at radius 3 is 3.00 bits per heavy atom. The van der Waals surface area contributed by atoms with E-state index in [0.29, 0.717) is 6.61 Å². The average Bonchev–Trinajstić information content (AvgIpc) is 2.95. The van der Waals surface area contributed by atoms with Gasteiger partial charge in [-0.1, -0.05) is 18.2 Å². The molecule has 2 heterocycles. The van der Waals surface area contributed by atoms with E-state index in [1.165, 1.54) is 0 Å². The number of nitrogens with one attached hydrogen (secondary N) is 1. The van der Waals surface area contributed by atoms with Gasteiger partial charge in [-0.2, -0.15) is 0 Å². The lowest BCUT2D eigenvalue weighted by Crippen LogP contribution is -2.22. The van der Waals surface area contributed by atoms with E-state index in [9.17, 15) is 0 Å². The molecule has 1 unspecified atom stereocenters. The third kappa shape index (κ3) is 2.87. The Morgan fingerprint density at radius 1 is 1.29 bits per heavy atom. The Bertz CT molecular complexity index is 738. The molecule has 0 spiro atoms. The van der Waals surface area contributed by atoms with Crippen LogP contribution in [0.4, 0.5) is 5.95 Å². The lowest BCUT2D eigenvalue weighted by Gasteiger charge is -2.15. The zero-order valence-electron chi connectivity index (χ0n) is 12.2. The second-order valence-electron chi connectivity index (χ2n) is 5.01. The van der Waals surface area contributed by atoms with Crippen LogP contribution in [0, 0.1) is 0 Å². The highest BCUT2D eigenvalue weighted by Gasteiger charge is 2.09. The lowest BCUT2D eigenvalue weighted by atomic mass is 10.2. The molecule has 3 rings (SSSR count). The van der Waals surface area contributed by atoms with E-state index in [1.54, 1.807) is 13.3 Å². The summed E-state index contributed by atoms with van der Waals surface area (Å²) in [5, 5.41) is 4.45. The van der Waals surface area contributed by atoms with Gasteiger partial charge >= 0.3 is 0 Å². The van der Waals surface area contributed by atoms with Crippen LogP contribution in [0.1, 0.15) is 6.92 Å². The highest BCUT2D eigenvalue weighted by Crippen LogP contribution is 2.19. The molecule has 0 fully saturated rings. The molecule has 21 heavy (non-hydrogen) atoms. The van der Waals surface area contributed by atoms with Gasteiger partial charge in [0.2, 0.25) is 5.95 Å². The van der Waals surface area contributed by atoms with Crippen LogP contribution in [0.15, 0.2) is 48.9 Å². The fraction of sp³-hybridized carbons (Fsp3) is 0.250. The van der Waals surface area contributed by atoms with E-state index in [-0.39, 0.29) is 6.04 Å². The van der Waals surface area contributed by atoms with Crippen molar-refractivity contribution in [1.82, 2.24) is 14.5 Å². The molecule has 0 aliphatic carbocycles. The molecule has 108 valence electrons. The van der Waals surface area contributed by atoms with E-state index in [4.69, 9.17) is 4.74 Å². The predicted molar refractivity (Wildman–Crippen MR) is 83.8 cm³/mol. The summed E-state index contributed by atoms with van der Waals surface area (Å²) in [6.45, 7) is 2.68. The third-order valence-electron chi connectivity index (χ3n) is 3.29. The van der Waals surface area contributed by atoms with Crippen molar-refractivity contribution in [2.45, 2.75) is 13.0 Å². The molecule has 0 aliphatic rings. The third-order valence-corrected chi connectivity index (χ3v) is 3.29. The molecule has 0 radical (unpaired) electrons. The first kappa shape index (κ1) is 13.6. The van der Waals surface area contributed by atoms with Gasteiger partial charge in [0.1, 0.15) is 0 Å². The topological polar surface area (TPSA) is 52.0 Å². The fourth-order valence-electron chi connectivity index (χ4n) is 2.32. The number of fused-ring (bicyclic) bond motifs is 1. The van der Waals surface area contributed by atoms with Crippen LogP contribution in [0.25, 0.3) is 16.6 Å². The van der Waals surface area contributed by atoms with Crippen molar-refractivity contribution in [3.05, 3.63) is 48.9 Å². The first-order valence-corrected chi connectivity index (χ1v) is 6.92. The molecular weight excluding hydrogens is 264 g/mol. The molecule has 5 heteroatoms. The van der Waals surface area contributed by atoms with Gasteiger partial charge in [-0.05, 0) is 19.1 Å². The molecule has 0 saturated carbocycles. The van der Waals surface area contributed by atoms with E-state index in [1.807, 2.05) is 35.2 Å². The van der Waals surface area contributed by atoms with Gasteiger partial charge in [-0.15, -0.1) is 0 Å². The Morgan fingerprint density at radius 2 is 2.14 bits per heavy atom. The number of hydrogen-bond donors (Lipinski definition) is 1. The second-order valence-corrected chi connectivity index (χ2v) is 5.01. The standard InChI is InChI=1S/C16H18N4O/c1-12(11-21-2)19-16-17-7-8-20(16)14-9-13-5-3-4-6-15(13)18-10-14/h3-10,12H,11H2,1-2H3,(H,17,19). The molecule has 1 atom stereocenters. The maximum atomic E-state index is 5.14. The first-order chi connectivity index (χ1) is 10.3. The minimum Gasteiger partial charge on any atom is -0.383 e. The summed E-state index contributed by atoms with van der Waals surface area (Å²) in [5.74, 6) is 0.789. The Balaban J connectivity index is 1.93. The second kappa shape index (κ2) is 5.93. The number of hydrogen-bond acceptors (Lipinski definition) is 4. The zero-order valence-corrected chi connectivity index (χ0v) is 12.2. The van der Waals surface area contributed by atoms with Gasteiger partial charge in [-0.25, -0.2) is 4.98 Å². The van der Waals surface area contributed by atoms with Crippen LogP contribution < -0.4 is 5.32 Å². The summed E-state index contributed by atoms with van der Waals surface area (Å²) in [6.07, 6.45) is 5.56. The normalized spacial score (nSPS) is 12.5. The van der Waals surface area contributed by atoms with Gasteiger partial charge in [-0.3, -0.25) is 9.55 Å². The SMILES string of the molecule is COCC(C)Nc1nccn1-c1cnc2ccccc2c1. The molecule has 0 bridgehead atoms. The Labute approximate surface area is 123 Å². The molecule has 5 nitrogen and oxygen atoms in total. The van der Waals surface area contributed by atoms with E-state index >= 15 is 0 Å². The van der Waals surface area contributed by atoms with Gasteiger partial charge in [0.05, 0.1) is 24.0 Å². The molecule has 0 saturated heterocycles. The summed E-state index contributed by atoms with van der Waals surface area (Å²) < 4.78 is 7.14. The number of imidazole rings is 1. The molecule has 3 aromatic rings. The van der Waals surface area contributed by atoms with Crippen molar-refractivity contribution >= 4 is 16.9 Å². The van der Waals surface area contributed by atoms with Gasteiger partial charge in [0.25, 0.3) is 0 Å². The molecule has 2 aromatic heterocycles. The average molecular weight is 282 g/mol. The number of anilines is 1. The van der Waals surface area contributed by atoms with Crippen LogP contribution in [0.3, 0.4) is 0 Å². The molecule has 0 amide bonds. The fourth-order valence-corrected chi connectivity index (χ4v) is 2.32. The van der Waals surface area contributed by atoms with Crippen molar-refractivity contribution < 1.29 is 4.74 Å². The number of aromatic nitrogens is 3. The number of benzene rings is 1. The highest BCUT2D eigenvalue weighted by molar-refractivity contribution is 5.80. The number of ether oxygens (including phenoxy) is 1. The molecular formula is C16H18N4O. The summed E-state index contributed by atoms with van der Waals surface area (Å²) in [5.41, 5.74) is 1.97. The lowest BCUT2D eigenvalue weighted by molar-refractivity contribution is 0.190. The van der Waals surface area contributed by atoms with Crippen LogP contribution >= 0.6 is 0 Å².